The second kappa shape index (κ2) is 5.79. The molecule has 0 bridgehead atoms. The van der Waals surface area contributed by atoms with Gasteiger partial charge in [0.05, 0.1) is 0 Å². The maximum Gasteiger partial charge on any atom is 0.356 e. The Morgan fingerprint density at radius 3 is 2.83 bits per heavy atom. The fraction of sp³-hybridized carbons (Fsp3) is 0.250. The van der Waals surface area contributed by atoms with Crippen molar-refractivity contribution in [2.75, 3.05) is 13.6 Å². The summed E-state index contributed by atoms with van der Waals surface area (Å²) in [7, 11) is 1.62. The van der Waals surface area contributed by atoms with E-state index in [4.69, 9.17) is 5.11 Å². The number of aromatic carboxylic acids is 1. The van der Waals surface area contributed by atoms with Gasteiger partial charge in [0.2, 0.25) is 5.60 Å². The van der Waals surface area contributed by atoms with Gasteiger partial charge in [0.25, 0.3) is 5.91 Å². The predicted molar refractivity (Wildman–Crippen MR) is 82.4 cm³/mol. The van der Waals surface area contributed by atoms with Gasteiger partial charge in [-0.2, -0.15) is 5.10 Å². The number of carboxylic acids is 1. The quantitative estimate of drug-likeness (QED) is 0.747. The minimum absolute atomic E-state index is 0.0952. The second-order valence-electron chi connectivity index (χ2n) is 5.44. The third-order valence-corrected chi connectivity index (χ3v) is 3.71. The van der Waals surface area contributed by atoms with Crippen molar-refractivity contribution in [3.63, 3.8) is 0 Å². The standard InChI is InChI=1S/C16H14N4O4/c1-19-9-6-16(24,15(19)23)5-2-11-3-7-17-13(10-11)20-8-4-12(18-20)14(21)22/h3-4,7-8,10,24H,6,9H2,1H3,(H,21,22)/t16-/m0/s1. The number of nitrogens with zero attached hydrogens (tertiary/aromatic N) is 4. The van der Waals surface area contributed by atoms with Crippen molar-refractivity contribution in [2.45, 2.75) is 12.0 Å². The zero-order valence-corrected chi connectivity index (χ0v) is 12.8. The molecule has 1 aliphatic rings. The van der Waals surface area contributed by atoms with E-state index >= 15 is 0 Å². The summed E-state index contributed by atoms with van der Waals surface area (Å²) < 4.78 is 1.32. The van der Waals surface area contributed by atoms with E-state index in [1.54, 1.807) is 19.2 Å². The van der Waals surface area contributed by atoms with Crippen LogP contribution in [-0.2, 0) is 4.79 Å². The summed E-state index contributed by atoms with van der Waals surface area (Å²) in [5.41, 5.74) is -1.23. The molecule has 2 aromatic rings. The molecule has 1 atom stereocenters. The first-order chi connectivity index (χ1) is 11.4. The number of rotatable bonds is 2. The van der Waals surface area contributed by atoms with Crippen LogP contribution in [0.3, 0.4) is 0 Å². The Labute approximate surface area is 137 Å². The van der Waals surface area contributed by atoms with Crippen LogP contribution in [0.4, 0.5) is 0 Å². The second-order valence-corrected chi connectivity index (χ2v) is 5.44. The fourth-order valence-electron chi connectivity index (χ4n) is 2.33. The van der Waals surface area contributed by atoms with Crippen molar-refractivity contribution < 1.29 is 19.8 Å². The van der Waals surface area contributed by atoms with Gasteiger partial charge in [0, 0.05) is 38.0 Å². The highest BCUT2D eigenvalue weighted by Crippen LogP contribution is 2.20. The van der Waals surface area contributed by atoms with Crippen LogP contribution in [0.15, 0.2) is 30.6 Å². The third kappa shape index (κ3) is 2.85. The van der Waals surface area contributed by atoms with Gasteiger partial charge in [-0.15, -0.1) is 0 Å². The molecule has 8 heteroatoms. The number of carbonyl (C=O) groups excluding carboxylic acids is 1. The van der Waals surface area contributed by atoms with Crippen LogP contribution in [0.1, 0.15) is 22.5 Å². The van der Waals surface area contributed by atoms with Crippen molar-refractivity contribution in [1.82, 2.24) is 19.7 Å². The highest BCUT2D eigenvalue weighted by Gasteiger charge is 2.42. The predicted octanol–water partition coefficient (Wildman–Crippen LogP) is -0.0898. The van der Waals surface area contributed by atoms with Gasteiger partial charge < -0.3 is 15.1 Å². The third-order valence-electron chi connectivity index (χ3n) is 3.71. The van der Waals surface area contributed by atoms with E-state index in [1.807, 2.05) is 0 Å². The molecule has 1 aliphatic heterocycles. The number of aromatic nitrogens is 3. The molecule has 2 aromatic heterocycles. The average molecular weight is 326 g/mol. The lowest BCUT2D eigenvalue weighted by molar-refractivity contribution is -0.137. The zero-order valence-electron chi connectivity index (χ0n) is 12.8. The fourth-order valence-corrected chi connectivity index (χ4v) is 2.33. The molecule has 1 fully saturated rings. The summed E-state index contributed by atoms with van der Waals surface area (Å²) in [6.45, 7) is 0.455. The number of likely N-dealkylation sites (tertiary alicyclic amines) is 1. The SMILES string of the molecule is CN1CC[C@@](O)(C#Cc2ccnc(-n3ccc(C(=O)O)n3)c2)C1=O. The summed E-state index contributed by atoms with van der Waals surface area (Å²) in [6.07, 6.45) is 3.23. The maximum atomic E-state index is 11.9. The highest BCUT2D eigenvalue weighted by atomic mass is 16.4. The summed E-state index contributed by atoms with van der Waals surface area (Å²) in [5, 5.41) is 23.1. The Morgan fingerprint density at radius 2 is 2.21 bits per heavy atom. The van der Waals surface area contributed by atoms with Crippen molar-refractivity contribution in [3.8, 4) is 17.7 Å². The molecule has 0 radical (unpaired) electrons. The van der Waals surface area contributed by atoms with Crippen molar-refractivity contribution in [2.24, 2.45) is 0 Å². The lowest BCUT2D eigenvalue weighted by atomic mass is 10.0. The first-order valence-corrected chi connectivity index (χ1v) is 7.15. The molecule has 2 N–H and O–H groups in total. The van der Waals surface area contributed by atoms with Crippen LogP contribution in [0, 0.1) is 11.8 Å². The molecule has 0 aromatic carbocycles. The van der Waals surface area contributed by atoms with E-state index in [9.17, 15) is 14.7 Å². The number of likely N-dealkylation sites (N-methyl/N-ethyl adjacent to an activating group) is 1. The average Bonchev–Trinajstić information content (AvgIpc) is 3.16. The normalized spacial score (nSPS) is 19.9. The van der Waals surface area contributed by atoms with Gasteiger partial charge in [0.1, 0.15) is 0 Å². The lowest BCUT2D eigenvalue weighted by Crippen LogP contribution is -2.37. The van der Waals surface area contributed by atoms with Crippen LogP contribution in [0.25, 0.3) is 5.82 Å². The minimum atomic E-state index is -1.67. The van der Waals surface area contributed by atoms with E-state index in [0.717, 1.165) is 0 Å². The van der Waals surface area contributed by atoms with E-state index in [-0.39, 0.29) is 12.1 Å². The Morgan fingerprint density at radius 1 is 1.42 bits per heavy atom. The number of carboxylic acid groups (broad SMARTS) is 1. The molecule has 3 rings (SSSR count). The number of carbonyl (C=O) groups is 2. The Hall–Kier alpha value is -3.18. The summed E-state index contributed by atoms with van der Waals surface area (Å²) >= 11 is 0. The van der Waals surface area contributed by atoms with Crippen molar-refractivity contribution in [1.29, 1.82) is 0 Å². The molecule has 0 aliphatic carbocycles. The molecule has 8 nitrogen and oxygen atoms in total. The molecule has 122 valence electrons. The lowest BCUT2D eigenvalue weighted by Gasteiger charge is -2.13. The van der Waals surface area contributed by atoms with Gasteiger partial charge in [-0.25, -0.2) is 14.5 Å². The molecular weight excluding hydrogens is 312 g/mol. The smallest absolute Gasteiger partial charge is 0.356 e. The largest absolute Gasteiger partial charge is 0.476 e. The molecule has 1 amide bonds. The Balaban J connectivity index is 1.88. The molecule has 3 heterocycles. The molecule has 0 saturated carbocycles. The number of hydrogen-bond acceptors (Lipinski definition) is 5. The monoisotopic (exact) mass is 326 g/mol. The number of pyridine rings is 1. The number of amides is 1. The molecule has 1 saturated heterocycles. The number of hydrogen-bond donors (Lipinski definition) is 2. The van der Waals surface area contributed by atoms with Gasteiger partial charge in [-0.05, 0) is 18.2 Å². The van der Waals surface area contributed by atoms with Crippen LogP contribution in [0.2, 0.25) is 0 Å². The van der Waals surface area contributed by atoms with Gasteiger partial charge in [0.15, 0.2) is 11.5 Å². The minimum Gasteiger partial charge on any atom is -0.476 e. The molecule has 0 spiro atoms. The summed E-state index contributed by atoms with van der Waals surface area (Å²) in [4.78, 5) is 28.3. The van der Waals surface area contributed by atoms with E-state index in [2.05, 4.69) is 21.9 Å². The number of aliphatic hydroxyl groups is 1. The first-order valence-electron chi connectivity index (χ1n) is 7.15. The molecular formula is C16H14N4O4. The Bertz CT molecular complexity index is 879. The van der Waals surface area contributed by atoms with Crippen molar-refractivity contribution in [3.05, 3.63) is 41.9 Å². The topological polar surface area (TPSA) is 109 Å². The highest BCUT2D eigenvalue weighted by molar-refractivity contribution is 5.90. The van der Waals surface area contributed by atoms with Crippen LogP contribution in [0.5, 0.6) is 0 Å². The Kier molecular flexibility index (Phi) is 3.79. The first kappa shape index (κ1) is 15.7. The van der Waals surface area contributed by atoms with E-state index < -0.39 is 17.5 Å². The van der Waals surface area contributed by atoms with Gasteiger partial charge in [-0.1, -0.05) is 11.8 Å². The van der Waals surface area contributed by atoms with E-state index in [1.165, 1.54) is 28.0 Å². The van der Waals surface area contributed by atoms with Gasteiger partial charge >= 0.3 is 5.97 Å². The van der Waals surface area contributed by atoms with E-state index in [0.29, 0.717) is 17.9 Å². The van der Waals surface area contributed by atoms with Crippen molar-refractivity contribution >= 4 is 11.9 Å². The molecule has 0 unspecified atom stereocenters. The molecule has 24 heavy (non-hydrogen) atoms. The van der Waals surface area contributed by atoms with Crippen LogP contribution >= 0.6 is 0 Å². The maximum absolute atomic E-state index is 11.9. The summed E-state index contributed by atoms with van der Waals surface area (Å²) in [6, 6.07) is 4.58. The van der Waals surface area contributed by atoms with Crippen LogP contribution < -0.4 is 0 Å². The van der Waals surface area contributed by atoms with Gasteiger partial charge in [-0.3, -0.25) is 4.79 Å². The van der Waals surface area contributed by atoms with Crippen LogP contribution in [-0.4, -0.2) is 60.9 Å². The summed E-state index contributed by atoms with van der Waals surface area (Å²) in [5.74, 6) is 4.23. The zero-order chi connectivity index (χ0) is 17.3.